The van der Waals surface area contributed by atoms with Crippen LogP contribution in [0, 0.1) is 0 Å². The minimum atomic E-state index is -0.0124. The molecule has 0 bridgehead atoms. The van der Waals surface area contributed by atoms with Crippen LogP contribution in [0.1, 0.15) is 11.1 Å². The first-order valence-corrected chi connectivity index (χ1v) is 6.00. The monoisotopic (exact) mass is 272 g/mol. The topological polar surface area (TPSA) is 58.9 Å². The van der Waals surface area contributed by atoms with Crippen molar-refractivity contribution in [3.63, 3.8) is 0 Å². The van der Waals surface area contributed by atoms with Crippen molar-refractivity contribution < 1.29 is 19.7 Å². The van der Waals surface area contributed by atoms with Gasteiger partial charge in [0.2, 0.25) is 0 Å². The van der Waals surface area contributed by atoms with Gasteiger partial charge >= 0.3 is 0 Å². The summed E-state index contributed by atoms with van der Waals surface area (Å²) < 4.78 is 10.4. The number of ether oxygens (including phenoxy) is 2. The molecule has 0 spiro atoms. The van der Waals surface area contributed by atoms with Gasteiger partial charge in [-0.3, -0.25) is 0 Å². The first kappa shape index (κ1) is 13.8. The van der Waals surface area contributed by atoms with Crippen LogP contribution in [0.4, 0.5) is 0 Å². The number of hydrogen-bond acceptors (Lipinski definition) is 4. The van der Waals surface area contributed by atoms with E-state index < -0.39 is 0 Å². The Morgan fingerprint density at radius 2 is 1.45 bits per heavy atom. The van der Waals surface area contributed by atoms with Gasteiger partial charge in [-0.25, -0.2) is 0 Å². The van der Waals surface area contributed by atoms with Gasteiger partial charge in [0.25, 0.3) is 0 Å². The highest BCUT2D eigenvalue weighted by Crippen LogP contribution is 2.34. The van der Waals surface area contributed by atoms with Crippen LogP contribution < -0.4 is 9.47 Å². The number of hydrogen-bond donors (Lipinski definition) is 2. The highest BCUT2D eigenvalue weighted by atomic mass is 16.5. The predicted molar refractivity (Wildman–Crippen MR) is 77.5 cm³/mol. The number of methoxy groups -OCH3 is 2. The zero-order chi connectivity index (χ0) is 14.7. The molecule has 4 heteroatoms. The number of aromatic hydroxyl groups is 2. The van der Waals surface area contributed by atoms with E-state index in [1.807, 2.05) is 6.07 Å². The standard InChI is InChI=1S/C16H16O4/c1-10(12-6-13(17)9-14(18)7-12)11-4-5-15(19-2)16(8-11)20-3/h4-9,17-18H,1H2,2-3H3. The summed E-state index contributed by atoms with van der Waals surface area (Å²) in [6, 6.07) is 9.76. The second kappa shape index (κ2) is 5.57. The molecule has 2 aromatic carbocycles. The molecule has 0 aromatic heterocycles. The van der Waals surface area contributed by atoms with E-state index in [4.69, 9.17) is 9.47 Å². The Morgan fingerprint density at radius 1 is 0.850 bits per heavy atom. The molecular formula is C16H16O4. The normalized spacial score (nSPS) is 10.1. The van der Waals surface area contributed by atoms with Crippen LogP contribution in [-0.4, -0.2) is 24.4 Å². The molecule has 0 saturated carbocycles. The molecule has 0 radical (unpaired) electrons. The van der Waals surface area contributed by atoms with Gasteiger partial charge in [0, 0.05) is 6.07 Å². The molecule has 0 fully saturated rings. The molecule has 104 valence electrons. The molecule has 20 heavy (non-hydrogen) atoms. The van der Waals surface area contributed by atoms with E-state index in [1.165, 1.54) is 6.07 Å². The smallest absolute Gasteiger partial charge is 0.161 e. The van der Waals surface area contributed by atoms with Crippen LogP contribution in [0.25, 0.3) is 5.57 Å². The predicted octanol–water partition coefficient (Wildman–Crippen LogP) is 3.18. The first-order valence-electron chi connectivity index (χ1n) is 6.00. The van der Waals surface area contributed by atoms with E-state index in [9.17, 15) is 10.2 Å². The van der Waals surface area contributed by atoms with Crippen molar-refractivity contribution in [2.45, 2.75) is 0 Å². The quantitative estimate of drug-likeness (QED) is 0.897. The first-order chi connectivity index (χ1) is 9.55. The summed E-state index contributed by atoms with van der Waals surface area (Å²) in [7, 11) is 3.13. The molecule has 0 heterocycles. The average molecular weight is 272 g/mol. The third-order valence-electron chi connectivity index (χ3n) is 2.98. The van der Waals surface area contributed by atoms with Gasteiger partial charge in [-0.1, -0.05) is 12.6 Å². The number of benzene rings is 2. The van der Waals surface area contributed by atoms with E-state index in [0.717, 1.165) is 5.56 Å². The molecule has 2 rings (SSSR count). The zero-order valence-corrected chi connectivity index (χ0v) is 11.4. The summed E-state index contributed by atoms with van der Waals surface area (Å²) in [6.45, 7) is 3.99. The largest absolute Gasteiger partial charge is 0.508 e. The maximum absolute atomic E-state index is 9.53. The highest BCUT2D eigenvalue weighted by Gasteiger charge is 2.09. The molecule has 0 aliphatic rings. The molecule has 0 atom stereocenters. The van der Waals surface area contributed by atoms with E-state index in [-0.39, 0.29) is 11.5 Å². The van der Waals surface area contributed by atoms with Gasteiger partial charge in [0.1, 0.15) is 11.5 Å². The number of rotatable bonds is 4. The molecule has 0 amide bonds. The Kier molecular flexibility index (Phi) is 3.84. The fourth-order valence-corrected chi connectivity index (χ4v) is 1.96. The molecule has 0 aliphatic carbocycles. The van der Waals surface area contributed by atoms with Crippen LogP contribution in [0.2, 0.25) is 0 Å². The lowest BCUT2D eigenvalue weighted by atomic mass is 9.99. The summed E-state index contributed by atoms with van der Waals surface area (Å²) in [5.74, 6) is 1.20. The van der Waals surface area contributed by atoms with Crippen molar-refractivity contribution >= 4 is 5.57 Å². The van der Waals surface area contributed by atoms with E-state index in [0.29, 0.717) is 22.6 Å². The summed E-state index contributed by atoms with van der Waals surface area (Å²) in [5, 5.41) is 19.1. The molecule has 0 aliphatic heterocycles. The maximum atomic E-state index is 9.53. The van der Waals surface area contributed by atoms with Crippen LogP contribution in [0.3, 0.4) is 0 Å². The Labute approximate surface area is 117 Å². The van der Waals surface area contributed by atoms with Crippen LogP contribution in [-0.2, 0) is 0 Å². The van der Waals surface area contributed by atoms with Crippen molar-refractivity contribution in [2.75, 3.05) is 14.2 Å². The van der Waals surface area contributed by atoms with Gasteiger partial charge in [0.05, 0.1) is 14.2 Å². The summed E-state index contributed by atoms with van der Waals surface area (Å²) in [4.78, 5) is 0. The molecular weight excluding hydrogens is 256 g/mol. The lowest BCUT2D eigenvalue weighted by Gasteiger charge is -2.12. The van der Waals surface area contributed by atoms with Crippen molar-refractivity contribution in [1.82, 2.24) is 0 Å². The van der Waals surface area contributed by atoms with Crippen LogP contribution in [0.15, 0.2) is 43.0 Å². The summed E-state index contributed by atoms with van der Waals surface area (Å²) in [6.07, 6.45) is 0. The minimum absolute atomic E-state index is 0.0124. The van der Waals surface area contributed by atoms with Gasteiger partial charge < -0.3 is 19.7 Å². The minimum Gasteiger partial charge on any atom is -0.508 e. The Morgan fingerprint density at radius 3 is 2.00 bits per heavy atom. The lowest BCUT2D eigenvalue weighted by molar-refractivity contribution is 0.355. The second-order valence-electron chi connectivity index (χ2n) is 4.29. The van der Waals surface area contributed by atoms with Crippen molar-refractivity contribution in [1.29, 1.82) is 0 Å². The van der Waals surface area contributed by atoms with E-state index in [1.54, 1.807) is 38.5 Å². The second-order valence-corrected chi connectivity index (χ2v) is 4.29. The van der Waals surface area contributed by atoms with Crippen molar-refractivity contribution in [3.05, 3.63) is 54.1 Å². The fraction of sp³-hybridized carbons (Fsp3) is 0.125. The number of phenolic OH excluding ortho intramolecular Hbond substituents is 2. The van der Waals surface area contributed by atoms with E-state index in [2.05, 4.69) is 6.58 Å². The Hall–Kier alpha value is -2.62. The number of phenols is 2. The SMILES string of the molecule is C=C(c1cc(O)cc(O)c1)c1ccc(OC)c(OC)c1. The molecule has 4 nitrogen and oxygen atoms in total. The van der Waals surface area contributed by atoms with Crippen LogP contribution >= 0.6 is 0 Å². The maximum Gasteiger partial charge on any atom is 0.161 e. The van der Waals surface area contributed by atoms with Crippen molar-refractivity contribution in [3.8, 4) is 23.0 Å². The summed E-state index contributed by atoms with van der Waals surface area (Å²) in [5.41, 5.74) is 2.11. The zero-order valence-electron chi connectivity index (χ0n) is 11.4. The van der Waals surface area contributed by atoms with Gasteiger partial charge in [-0.2, -0.15) is 0 Å². The third-order valence-corrected chi connectivity index (χ3v) is 2.98. The summed E-state index contributed by atoms with van der Waals surface area (Å²) >= 11 is 0. The average Bonchev–Trinajstić information content (AvgIpc) is 2.44. The van der Waals surface area contributed by atoms with Gasteiger partial charge in [0.15, 0.2) is 11.5 Å². The van der Waals surface area contributed by atoms with Crippen molar-refractivity contribution in [2.24, 2.45) is 0 Å². The highest BCUT2D eigenvalue weighted by molar-refractivity contribution is 5.80. The Balaban J connectivity index is 2.42. The third kappa shape index (κ3) is 2.69. The molecule has 0 unspecified atom stereocenters. The molecule has 2 aromatic rings. The van der Waals surface area contributed by atoms with E-state index >= 15 is 0 Å². The Bertz CT molecular complexity index is 627. The molecule has 2 N–H and O–H groups in total. The molecule has 0 saturated heterocycles. The van der Waals surface area contributed by atoms with Gasteiger partial charge in [-0.15, -0.1) is 0 Å². The fourth-order valence-electron chi connectivity index (χ4n) is 1.96. The van der Waals surface area contributed by atoms with Crippen LogP contribution in [0.5, 0.6) is 23.0 Å². The lowest BCUT2D eigenvalue weighted by Crippen LogP contribution is -1.93. The van der Waals surface area contributed by atoms with Gasteiger partial charge in [-0.05, 0) is 41.0 Å².